The van der Waals surface area contributed by atoms with Gasteiger partial charge >= 0.3 is 5.97 Å². The van der Waals surface area contributed by atoms with Crippen LogP contribution in [0.4, 0.5) is 0 Å². The van der Waals surface area contributed by atoms with Crippen molar-refractivity contribution in [2.45, 2.75) is 34.1 Å². The van der Waals surface area contributed by atoms with Gasteiger partial charge in [0, 0.05) is 6.42 Å². The van der Waals surface area contributed by atoms with Crippen LogP contribution in [0.5, 0.6) is 0 Å². The SMILES string of the molecule is CCC(OCC(C)C)=C(C)C(=O)O. The van der Waals surface area contributed by atoms with Crippen molar-refractivity contribution in [2.24, 2.45) is 5.92 Å². The van der Waals surface area contributed by atoms with Gasteiger partial charge in [-0.1, -0.05) is 20.8 Å². The lowest BCUT2D eigenvalue weighted by Gasteiger charge is -2.12. The van der Waals surface area contributed by atoms with E-state index in [2.05, 4.69) is 0 Å². The van der Waals surface area contributed by atoms with Gasteiger partial charge in [-0.3, -0.25) is 0 Å². The Labute approximate surface area is 79.4 Å². The normalized spacial score (nSPS) is 12.7. The van der Waals surface area contributed by atoms with Crippen LogP contribution in [-0.2, 0) is 9.53 Å². The van der Waals surface area contributed by atoms with E-state index in [1.807, 2.05) is 20.8 Å². The number of rotatable bonds is 5. The molecular formula is C10H18O3. The van der Waals surface area contributed by atoms with Crippen molar-refractivity contribution in [1.29, 1.82) is 0 Å². The summed E-state index contributed by atoms with van der Waals surface area (Å²) >= 11 is 0. The average Bonchev–Trinajstić information content (AvgIpc) is 2.04. The fourth-order valence-electron chi connectivity index (χ4n) is 0.862. The molecule has 0 fully saturated rings. The van der Waals surface area contributed by atoms with Crippen molar-refractivity contribution < 1.29 is 14.6 Å². The molecule has 0 bridgehead atoms. The van der Waals surface area contributed by atoms with E-state index in [9.17, 15) is 4.79 Å². The third-order valence-electron chi connectivity index (χ3n) is 1.65. The molecule has 0 aromatic heterocycles. The molecule has 3 heteroatoms. The lowest BCUT2D eigenvalue weighted by molar-refractivity contribution is -0.132. The van der Waals surface area contributed by atoms with Crippen molar-refractivity contribution in [3.8, 4) is 0 Å². The van der Waals surface area contributed by atoms with Gasteiger partial charge in [-0.05, 0) is 12.8 Å². The number of hydrogen-bond donors (Lipinski definition) is 1. The largest absolute Gasteiger partial charge is 0.497 e. The Morgan fingerprint density at radius 1 is 1.46 bits per heavy atom. The maximum atomic E-state index is 10.6. The Hall–Kier alpha value is -0.990. The van der Waals surface area contributed by atoms with Crippen LogP contribution in [-0.4, -0.2) is 17.7 Å². The minimum atomic E-state index is -0.902. The summed E-state index contributed by atoms with van der Waals surface area (Å²) in [4.78, 5) is 10.6. The highest BCUT2D eigenvalue weighted by molar-refractivity contribution is 5.86. The summed E-state index contributed by atoms with van der Waals surface area (Å²) in [6.45, 7) is 8.10. The molecule has 0 heterocycles. The highest BCUT2D eigenvalue weighted by atomic mass is 16.5. The molecular weight excluding hydrogens is 168 g/mol. The van der Waals surface area contributed by atoms with E-state index in [4.69, 9.17) is 9.84 Å². The first-order chi connectivity index (χ1) is 5.99. The van der Waals surface area contributed by atoms with Crippen molar-refractivity contribution in [3.05, 3.63) is 11.3 Å². The third-order valence-corrected chi connectivity index (χ3v) is 1.65. The van der Waals surface area contributed by atoms with Crippen LogP contribution in [0.3, 0.4) is 0 Å². The molecule has 0 aromatic carbocycles. The monoisotopic (exact) mass is 186 g/mol. The lowest BCUT2D eigenvalue weighted by Crippen LogP contribution is -2.07. The van der Waals surface area contributed by atoms with Crippen molar-refractivity contribution in [2.75, 3.05) is 6.61 Å². The molecule has 0 rings (SSSR count). The number of carbonyl (C=O) groups is 1. The summed E-state index contributed by atoms with van der Waals surface area (Å²) in [5.74, 6) is 0.102. The topological polar surface area (TPSA) is 46.5 Å². The second-order valence-electron chi connectivity index (χ2n) is 3.41. The third kappa shape index (κ3) is 4.55. The van der Waals surface area contributed by atoms with Crippen molar-refractivity contribution >= 4 is 5.97 Å². The standard InChI is InChI=1S/C10H18O3/c1-5-9(8(4)10(11)12)13-6-7(2)3/h7H,5-6H2,1-4H3,(H,11,12). The molecule has 13 heavy (non-hydrogen) atoms. The predicted molar refractivity (Wildman–Crippen MR) is 51.4 cm³/mol. The maximum Gasteiger partial charge on any atom is 0.334 e. The van der Waals surface area contributed by atoms with Crippen LogP contribution in [0.2, 0.25) is 0 Å². The number of aliphatic carboxylic acids is 1. The molecule has 1 N–H and O–H groups in total. The van der Waals surface area contributed by atoms with Crippen molar-refractivity contribution in [1.82, 2.24) is 0 Å². The Balaban J connectivity index is 4.32. The predicted octanol–water partition coefficient (Wildman–Crippen LogP) is 2.43. The van der Waals surface area contributed by atoms with Crippen LogP contribution in [0, 0.1) is 5.92 Å². The molecule has 0 saturated heterocycles. The number of carboxylic acid groups (broad SMARTS) is 1. The molecule has 0 atom stereocenters. The first-order valence-corrected chi connectivity index (χ1v) is 4.54. The molecule has 0 aliphatic carbocycles. The lowest BCUT2D eigenvalue weighted by atomic mass is 10.2. The molecule has 0 aromatic rings. The van der Waals surface area contributed by atoms with Crippen molar-refractivity contribution in [3.63, 3.8) is 0 Å². The number of ether oxygens (including phenoxy) is 1. The quantitative estimate of drug-likeness (QED) is 0.530. The van der Waals surface area contributed by atoms with Gasteiger partial charge in [0.25, 0.3) is 0 Å². The van der Waals surface area contributed by atoms with E-state index in [0.717, 1.165) is 0 Å². The summed E-state index contributed by atoms with van der Waals surface area (Å²) in [6.07, 6.45) is 0.630. The minimum Gasteiger partial charge on any atom is -0.497 e. The van der Waals surface area contributed by atoms with E-state index in [0.29, 0.717) is 30.3 Å². The van der Waals surface area contributed by atoms with Gasteiger partial charge < -0.3 is 9.84 Å². The molecule has 0 radical (unpaired) electrons. The first kappa shape index (κ1) is 12.0. The number of allylic oxidation sites excluding steroid dienone is 1. The van der Waals surface area contributed by atoms with E-state index in [-0.39, 0.29) is 0 Å². The molecule has 0 aliphatic heterocycles. The Bertz CT molecular complexity index is 204. The Kier molecular flexibility index (Phi) is 5.19. The zero-order valence-electron chi connectivity index (χ0n) is 8.76. The molecule has 0 unspecified atom stereocenters. The highest BCUT2D eigenvalue weighted by Gasteiger charge is 2.09. The summed E-state index contributed by atoms with van der Waals surface area (Å²) in [6, 6.07) is 0. The van der Waals surface area contributed by atoms with Gasteiger partial charge in [0.15, 0.2) is 0 Å². The Morgan fingerprint density at radius 2 is 2.00 bits per heavy atom. The highest BCUT2D eigenvalue weighted by Crippen LogP contribution is 2.11. The molecule has 76 valence electrons. The summed E-state index contributed by atoms with van der Waals surface area (Å²) in [7, 11) is 0. The minimum absolute atomic E-state index is 0.308. The van der Waals surface area contributed by atoms with E-state index in [1.54, 1.807) is 6.92 Å². The summed E-state index contributed by atoms with van der Waals surface area (Å²) in [5, 5.41) is 8.71. The van der Waals surface area contributed by atoms with Crippen LogP contribution in [0.15, 0.2) is 11.3 Å². The second kappa shape index (κ2) is 5.62. The molecule has 3 nitrogen and oxygen atoms in total. The van der Waals surface area contributed by atoms with Gasteiger partial charge in [-0.15, -0.1) is 0 Å². The van der Waals surface area contributed by atoms with E-state index in [1.165, 1.54) is 0 Å². The van der Waals surface area contributed by atoms with Gasteiger partial charge in [-0.25, -0.2) is 4.79 Å². The maximum absolute atomic E-state index is 10.6. The summed E-state index contributed by atoms with van der Waals surface area (Å²) < 4.78 is 5.37. The van der Waals surface area contributed by atoms with Gasteiger partial charge in [-0.2, -0.15) is 0 Å². The first-order valence-electron chi connectivity index (χ1n) is 4.54. The van der Waals surface area contributed by atoms with E-state index >= 15 is 0 Å². The Morgan fingerprint density at radius 3 is 2.31 bits per heavy atom. The summed E-state index contributed by atoms with van der Waals surface area (Å²) in [5.41, 5.74) is 0.308. The molecule has 0 saturated carbocycles. The average molecular weight is 186 g/mol. The van der Waals surface area contributed by atoms with Gasteiger partial charge in [0.2, 0.25) is 0 Å². The van der Waals surface area contributed by atoms with Gasteiger partial charge in [0.1, 0.15) is 5.76 Å². The molecule has 0 aliphatic rings. The molecule has 0 spiro atoms. The van der Waals surface area contributed by atoms with Crippen LogP contribution in [0.1, 0.15) is 34.1 Å². The van der Waals surface area contributed by atoms with E-state index < -0.39 is 5.97 Å². The zero-order chi connectivity index (χ0) is 10.4. The smallest absolute Gasteiger partial charge is 0.334 e. The fraction of sp³-hybridized carbons (Fsp3) is 0.700. The number of carboxylic acids is 1. The number of hydrogen-bond acceptors (Lipinski definition) is 2. The van der Waals surface area contributed by atoms with Gasteiger partial charge in [0.05, 0.1) is 12.2 Å². The zero-order valence-corrected chi connectivity index (χ0v) is 8.76. The van der Waals surface area contributed by atoms with Crippen LogP contribution in [0.25, 0.3) is 0 Å². The fourth-order valence-corrected chi connectivity index (χ4v) is 0.862. The van der Waals surface area contributed by atoms with Crippen LogP contribution >= 0.6 is 0 Å². The second-order valence-corrected chi connectivity index (χ2v) is 3.41. The molecule has 0 amide bonds. The van der Waals surface area contributed by atoms with Crippen LogP contribution < -0.4 is 0 Å².